The van der Waals surface area contributed by atoms with E-state index in [0.29, 0.717) is 0 Å². The summed E-state index contributed by atoms with van der Waals surface area (Å²) in [6.07, 6.45) is -0.975. The number of hydrogen-bond donors (Lipinski definition) is 0. The van der Waals surface area contributed by atoms with Gasteiger partial charge in [0.1, 0.15) is 6.10 Å². The maximum Gasteiger partial charge on any atom is 0.321 e. The summed E-state index contributed by atoms with van der Waals surface area (Å²) in [6.45, 7) is 0.266. The first-order valence-electron chi connectivity index (χ1n) is 4.61. The minimum atomic E-state index is -0.924. The van der Waals surface area contributed by atoms with Crippen LogP contribution < -0.4 is 0 Å². The summed E-state index contributed by atoms with van der Waals surface area (Å²) in [5.74, 6) is -2.47. The molecule has 0 amide bonds. The van der Waals surface area contributed by atoms with Gasteiger partial charge in [-0.25, -0.2) is 0 Å². The van der Waals surface area contributed by atoms with Gasteiger partial charge in [0.2, 0.25) is 0 Å². The summed E-state index contributed by atoms with van der Waals surface area (Å²) >= 11 is 0. The first-order chi connectivity index (χ1) is 7.19. The molecule has 0 aromatic heterocycles. The molecule has 2 saturated heterocycles. The second-order valence-electron chi connectivity index (χ2n) is 3.49. The molecule has 4 atom stereocenters. The third kappa shape index (κ3) is 1.49. The number of esters is 2. The lowest BCUT2D eigenvalue weighted by Gasteiger charge is -2.17. The maximum atomic E-state index is 11.4. The standard InChI is InChI=1S/C9H12O6/c1-12-7(10)6-5-4(15-8(6)11)3-14-9(5)13-2/h4-6,9H,3H2,1-2H3. The Morgan fingerprint density at radius 3 is 2.80 bits per heavy atom. The van der Waals surface area contributed by atoms with Crippen molar-refractivity contribution in [1.29, 1.82) is 0 Å². The van der Waals surface area contributed by atoms with Gasteiger partial charge in [-0.15, -0.1) is 0 Å². The molecule has 0 spiro atoms. The SMILES string of the molecule is COC(=O)C1C(=O)OC2COC(OC)C21. The van der Waals surface area contributed by atoms with Crippen molar-refractivity contribution in [3.05, 3.63) is 0 Å². The molecule has 84 valence electrons. The Kier molecular flexibility index (Phi) is 2.62. The molecule has 0 aliphatic carbocycles. The van der Waals surface area contributed by atoms with E-state index in [0.717, 1.165) is 0 Å². The van der Waals surface area contributed by atoms with Crippen LogP contribution in [0.2, 0.25) is 0 Å². The summed E-state index contributed by atoms with van der Waals surface area (Å²) < 4.78 is 19.8. The van der Waals surface area contributed by atoms with Gasteiger partial charge in [-0.3, -0.25) is 9.59 Å². The highest BCUT2D eigenvalue weighted by Crippen LogP contribution is 2.38. The van der Waals surface area contributed by atoms with Crippen LogP contribution in [0.4, 0.5) is 0 Å². The number of methoxy groups -OCH3 is 2. The van der Waals surface area contributed by atoms with Crippen molar-refractivity contribution in [2.24, 2.45) is 11.8 Å². The van der Waals surface area contributed by atoms with E-state index in [9.17, 15) is 9.59 Å². The van der Waals surface area contributed by atoms with Gasteiger partial charge in [0, 0.05) is 7.11 Å². The molecule has 2 rings (SSSR count). The van der Waals surface area contributed by atoms with Crippen molar-refractivity contribution < 1.29 is 28.5 Å². The maximum absolute atomic E-state index is 11.4. The Labute approximate surface area is 86.4 Å². The molecule has 15 heavy (non-hydrogen) atoms. The topological polar surface area (TPSA) is 71.1 Å². The summed E-state index contributed by atoms with van der Waals surface area (Å²) in [5, 5.41) is 0. The second kappa shape index (κ2) is 3.79. The largest absolute Gasteiger partial charge is 0.468 e. The molecule has 0 saturated carbocycles. The second-order valence-corrected chi connectivity index (χ2v) is 3.49. The highest BCUT2D eigenvalue weighted by atomic mass is 16.7. The molecule has 2 fully saturated rings. The zero-order valence-corrected chi connectivity index (χ0v) is 8.47. The zero-order valence-electron chi connectivity index (χ0n) is 8.47. The lowest BCUT2D eigenvalue weighted by molar-refractivity contribution is -0.165. The average Bonchev–Trinajstić information content (AvgIpc) is 2.74. The number of rotatable bonds is 2. The number of carbonyl (C=O) groups excluding carboxylic acids is 2. The van der Waals surface area contributed by atoms with Gasteiger partial charge in [0.15, 0.2) is 12.2 Å². The zero-order chi connectivity index (χ0) is 11.0. The van der Waals surface area contributed by atoms with Gasteiger partial charge < -0.3 is 18.9 Å². The lowest BCUT2D eigenvalue weighted by atomic mass is 9.91. The number of ether oxygens (including phenoxy) is 4. The van der Waals surface area contributed by atoms with Gasteiger partial charge in [-0.1, -0.05) is 0 Å². The molecule has 6 nitrogen and oxygen atoms in total. The summed E-state index contributed by atoms with van der Waals surface area (Å²) in [7, 11) is 2.70. The molecule has 6 heteroatoms. The molecule has 2 aliphatic heterocycles. The summed E-state index contributed by atoms with van der Waals surface area (Å²) in [6, 6.07) is 0. The first kappa shape index (κ1) is 10.4. The summed E-state index contributed by atoms with van der Waals surface area (Å²) in [5.41, 5.74) is 0. The Hall–Kier alpha value is -1.14. The van der Waals surface area contributed by atoms with Gasteiger partial charge in [0.05, 0.1) is 19.6 Å². The molecule has 4 unspecified atom stereocenters. The molecule has 2 heterocycles. The van der Waals surface area contributed by atoms with Crippen LogP contribution in [0.5, 0.6) is 0 Å². The summed E-state index contributed by atoms with van der Waals surface area (Å²) in [4.78, 5) is 22.8. The fourth-order valence-electron chi connectivity index (χ4n) is 2.06. The molecule has 0 radical (unpaired) electrons. The molecule has 0 aromatic carbocycles. The van der Waals surface area contributed by atoms with E-state index in [1.54, 1.807) is 0 Å². The van der Waals surface area contributed by atoms with E-state index in [4.69, 9.17) is 14.2 Å². The monoisotopic (exact) mass is 216 g/mol. The average molecular weight is 216 g/mol. The van der Waals surface area contributed by atoms with E-state index >= 15 is 0 Å². The smallest absolute Gasteiger partial charge is 0.321 e. The van der Waals surface area contributed by atoms with Crippen LogP contribution in [0.25, 0.3) is 0 Å². The molecule has 0 aromatic rings. The van der Waals surface area contributed by atoms with Crippen LogP contribution in [-0.4, -0.2) is 45.2 Å². The van der Waals surface area contributed by atoms with E-state index in [-0.39, 0.29) is 6.61 Å². The third-order valence-electron chi connectivity index (χ3n) is 2.76. The van der Waals surface area contributed by atoms with E-state index in [1.807, 2.05) is 0 Å². The van der Waals surface area contributed by atoms with Gasteiger partial charge in [0.25, 0.3) is 0 Å². The Bertz CT molecular complexity index is 280. The minimum absolute atomic E-state index is 0.266. The van der Waals surface area contributed by atoms with Crippen molar-refractivity contribution in [3.63, 3.8) is 0 Å². The Morgan fingerprint density at radius 2 is 2.20 bits per heavy atom. The van der Waals surface area contributed by atoms with Crippen LogP contribution in [0.15, 0.2) is 0 Å². The van der Waals surface area contributed by atoms with Crippen molar-refractivity contribution in [2.45, 2.75) is 12.4 Å². The predicted octanol–water partition coefficient (Wildman–Crippen LogP) is -0.680. The third-order valence-corrected chi connectivity index (χ3v) is 2.76. The van der Waals surface area contributed by atoms with Crippen LogP contribution in [0.3, 0.4) is 0 Å². The quantitative estimate of drug-likeness (QED) is 0.450. The van der Waals surface area contributed by atoms with Crippen LogP contribution in [0, 0.1) is 11.8 Å². The number of hydrogen-bond acceptors (Lipinski definition) is 6. The van der Waals surface area contributed by atoms with Crippen molar-refractivity contribution in [3.8, 4) is 0 Å². The van der Waals surface area contributed by atoms with Crippen LogP contribution in [0.1, 0.15) is 0 Å². The first-order valence-corrected chi connectivity index (χ1v) is 4.61. The Morgan fingerprint density at radius 1 is 1.47 bits per heavy atom. The minimum Gasteiger partial charge on any atom is -0.468 e. The molecule has 0 N–H and O–H groups in total. The van der Waals surface area contributed by atoms with Crippen LogP contribution >= 0.6 is 0 Å². The van der Waals surface area contributed by atoms with Crippen molar-refractivity contribution in [1.82, 2.24) is 0 Å². The number of fused-ring (bicyclic) bond motifs is 1. The van der Waals surface area contributed by atoms with Gasteiger partial charge in [-0.2, -0.15) is 0 Å². The normalized spacial score (nSPS) is 38.7. The van der Waals surface area contributed by atoms with Crippen molar-refractivity contribution >= 4 is 11.9 Å². The highest BCUT2D eigenvalue weighted by Gasteiger charge is 2.57. The fourth-order valence-corrected chi connectivity index (χ4v) is 2.06. The number of carbonyl (C=O) groups is 2. The van der Waals surface area contributed by atoms with E-state index in [2.05, 4.69) is 4.74 Å². The lowest BCUT2D eigenvalue weighted by Crippen LogP contribution is -2.34. The van der Waals surface area contributed by atoms with Gasteiger partial charge >= 0.3 is 11.9 Å². The molecular weight excluding hydrogens is 204 g/mol. The molecule has 2 aliphatic rings. The highest BCUT2D eigenvalue weighted by molar-refractivity contribution is 5.96. The Balaban J connectivity index is 2.21. The van der Waals surface area contributed by atoms with Crippen LogP contribution in [-0.2, 0) is 28.5 Å². The molecular formula is C9H12O6. The predicted molar refractivity (Wildman–Crippen MR) is 45.6 cm³/mol. The fraction of sp³-hybridized carbons (Fsp3) is 0.778. The van der Waals surface area contributed by atoms with E-state index in [1.165, 1.54) is 14.2 Å². The van der Waals surface area contributed by atoms with E-state index < -0.39 is 36.2 Å². The van der Waals surface area contributed by atoms with Gasteiger partial charge in [-0.05, 0) is 0 Å². The van der Waals surface area contributed by atoms with Crippen molar-refractivity contribution in [2.75, 3.05) is 20.8 Å². The molecule has 0 bridgehead atoms.